The van der Waals surface area contributed by atoms with Crippen LogP contribution in [0.5, 0.6) is 0 Å². The van der Waals surface area contributed by atoms with Crippen molar-refractivity contribution >= 4 is 34.3 Å². The fraction of sp³-hybridized carbons (Fsp3) is 0.0952. The predicted octanol–water partition coefficient (Wildman–Crippen LogP) is 4.00. The van der Waals surface area contributed by atoms with E-state index in [0.29, 0.717) is 22.8 Å². The third kappa shape index (κ3) is 3.88. The first-order valence-corrected chi connectivity index (χ1v) is 10.1. The van der Waals surface area contributed by atoms with E-state index < -0.39 is 0 Å². The number of nitrogens with two attached hydrogens (primary N) is 1. The fourth-order valence-corrected chi connectivity index (χ4v) is 3.42. The number of amides is 1. The van der Waals surface area contributed by atoms with Crippen molar-refractivity contribution in [3.8, 4) is 34.3 Å². The van der Waals surface area contributed by atoms with Gasteiger partial charge in [-0.1, -0.05) is 24.3 Å². The number of carbonyl (C=O) groups excluding carboxylic acids is 1. The van der Waals surface area contributed by atoms with Crippen LogP contribution in [0.1, 0.15) is 11.8 Å². The van der Waals surface area contributed by atoms with E-state index in [1.54, 1.807) is 32.4 Å². The summed E-state index contributed by atoms with van der Waals surface area (Å²) in [5.74, 6) is 0.694. The molecule has 9 heteroatoms. The minimum Gasteiger partial charge on any atom is -0.414 e. The SMILES string of the molecule is CN(C)C(=O)c1ccc(-c2cnc(N)c(-c3nnc(-c4ccccc4I)o3)n2)cc1.[HH]. The van der Waals surface area contributed by atoms with Crippen molar-refractivity contribution in [2.24, 2.45) is 0 Å². The normalized spacial score (nSPS) is 10.8. The van der Waals surface area contributed by atoms with Crippen molar-refractivity contribution in [2.45, 2.75) is 0 Å². The lowest BCUT2D eigenvalue weighted by Gasteiger charge is -2.10. The first-order chi connectivity index (χ1) is 14.4. The molecule has 0 bridgehead atoms. The Morgan fingerprint density at radius 1 is 1.07 bits per heavy atom. The molecule has 0 aliphatic carbocycles. The Hall–Kier alpha value is -3.34. The highest BCUT2D eigenvalue weighted by atomic mass is 127. The van der Waals surface area contributed by atoms with Crippen molar-refractivity contribution in [3.63, 3.8) is 0 Å². The zero-order valence-corrected chi connectivity index (χ0v) is 18.4. The van der Waals surface area contributed by atoms with Gasteiger partial charge in [-0.15, -0.1) is 10.2 Å². The number of halogens is 1. The molecule has 0 atom stereocenters. The number of anilines is 1. The van der Waals surface area contributed by atoms with Crippen LogP contribution in [0, 0.1) is 3.57 Å². The molecule has 8 nitrogen and oxygen atoms in total. The van der Waals surface area contributed by atoms with Gasteiger partial charge < -0.3 is 15.1 Å². The van der Waals surface area contributed by atoms with Gasteiger partial charge in [0, 0.05) is 30.2 Å². The van der Waals surface area contributed by atoms with E-state index >= 15 is 0 Å². The summed E-state index contributed by atoms with van der Waals surface area (Å²) < 4.78 is 6.82. The Kier molecular flexibility index (Phi) is 5.44. The minimum atomic E-state index is -0.0698. The average molecular weight is 514 g/mol. The number of nitrogen functional groups attached to an aromatic ring is 1. The number of hydrogen-bond donors (Lipinski definition) is 1. The molecule has 30 heavy (non-hydrogen) atoms. The van der Waals surface area contributed by atoms with Gasteiger partial charge in [0.25, 0.3) is 11.8 Å². The molecular weight excluding hydrogens is 495 g/mol. The molecule has 0 saturated carbocycles. The van der Waals surface area contributed by atoms with Crippen molar-refractivity contribution in [1.82, 2.24) is 25.1 Å². The Balaban J connectivity index is 0.00000272. The number of aromatic nitrogens is 4. The number of nitrogens with zero attached hydrogens (tertiary/aromatic N) is 5. The zero-order valence-electron chi connectivity index (χ0n) is 16.2. The second kappa shape index (κ2) is 8.19. The summed E-state index contributed by atoms with van der Waals surface area (Å²) in [5, 5.41) is 8.23. The van der Waals surface area contributed by atoms with Crippen LogP contribution in [0.25, 0.3) is 34.3 Å². The summed E-state index contributed by atoms with van der Waals surface area (Å²) in [6, 6.07) is 14.8. The molecule has 2 aromatic carbocycles. The highest BCUT2D eigenvalue weighted by Crippen LogP contribution is 2.29. The lowest BCUT2D eigenvalue weighted by atomic mass is 10.1. The summed E-state index contributed by atoms with van der Waals surface area (Å²) >= 11 is 2.21. The van der Waals surface area contributed by atoms with E-state index in [1.165, 1.54) is 4.90 Å². The minimum absolute atomic E-state index is 0. The van der Waals surface area contributed by atoms with Crippen molar-refractivity contribution in [2.75, 3.05) is 19.8 Å². The van der Waals surface area contributed by atoms with Gasteiger partial charge in [0.15, 0.2) is 11.5 Å². The molecule has 152 valence electrons. The van der Waals surface area contributed by atoms with Gasteiger partial charge >= 0.3 is 0 Å². The third-order valence-corrected chi connectivity index (χ3v) is 5.31. The van der Waals surface area contributed by atoms with Crippen LogP contribution in [0.15, 0.2) is 59.1 Å². The van der Waals surface area contributed by atoms with Crippen LogP contribution in [0.4, 0.5) is 5.82 Å². The van der Waals surface area contributed by atoms with Gasteiger partial charge in [-0.25, -0.2) is 9.97 Å². The second-order valence-electron chi connectivity index (χ2n) is 6.66. The largest absolute Gasteiger partial charge is 0.414 e. The Labute approximate surface area is 187 Å². The number of carbonyl (C=O) groups is 1. The van der Waals surface area contributed by atoms with E-state index in [0.717, 1.165) is 14.7 Å². The van der Waals surface area contributed by atoms with E-state index in [-0.39, 0.29) is 19.0 Å². The van der Waals surface area contributed by atoms with Crippen LogP contribution in [-0.2, 0) is 0 Å². The summed E-state index contributed by atoms with van der Waals surface area (Å²) in [6.07, 6.45) is 1.57. The van der Waals surface area contributed by atoms with Gasteiger partial charge in [-0.3, -0.25) is 4.79 Å². The van der Waals surface area contributed by atoms with Crippen LogP contribution in [0.2, 0.25) is 0 Å². The van der Waals surface area contributed by atoms with E-state index in [4.69, 9.17) is 10.2 Å². The molecule has 0 aliphatic rings. The standard InChI is InChI=1S/C21H17IN6O2.H2/c1-28(2)21(29)13-9-7-12(8-10-13)16-11-24-18(23)17(25-16)20-27-26-19(30-20)14-5-3-4-6-15(14)22;/h3-11H,1-2H3,(H2,23,24);1H. The molecule has 0 fully saturated rings. The van der Waals surface area contributed by atoms with Crippen LogP contribution in [-0.4, -0.2) is 45.1 Å². The maximum atomic E-state index is 12.1. The Morgan fingerprint density at radius 2 is 1.77 bits per heavy atom. The van der Waals surface area contributed by atoms with Crippen molar-refractivity contribution in [1.29, 1.82) is 0 Å². The summed E-state index contributed by atoms with van der Waals surface area (Å²) in [5.41, 5.74) is 9.12. The van der Waals surface area contributed by atoms with Gasteiger partial charge in [0.05, 0.1) is 17.5 Å². The molecule has 0 aliphatic heterocycles. The molecule has 4 rings (SSSR count). The maximum Gasteiger partial charge on any atom is 0.270 e. The molecule has 2 aromatic heterocycles. The monoisotopic (exact) mass is 514 g/mol. The van der Waals surface area contributed by atoms with E-state index in [9.17, 15) is 4.79 Å². The summed E-state index contributed by atoms with van der Waals surface area (Å²) in [4.78, 5) is 22.4. The lowest BCUT2D eigenvalue weighted by Crippen LogP contribution is -2.21. The quantitative estimate of drug-likeness (QED) is 0.410. The first-order valence-electron chi connectivity index (χ1n) is 8.97. The summed E-state index contributed by atoms with van der Waals surface area (Å²) in [7, 11) is 3.42. The topological polar surface area (TPSA) is 111 Å². The fourth-order valence-electron chi connectivity index (χ4n) is 2.80. The van der Waals surface area contributed by atoms with E-state index in [2.05, 4.69) is 42.8 Å². The summed E-state index contributed by atoms with van der Waals surface area (Å²) in [6.45, 7) is 0. The van der Waals surface area contributed by atoms with E-state index in [1.807, 2.05) is 36.4 Å². The molecule has 0 unspecified atom stereocenters. The molecule has 0 spiro atoms. The number of benzene rings is 2. The molecule has 0 saturated heterocycles. The number of rotatable bonds is 4. The molecular formula is C21H19IN6O2. The molecule has 4 aromatic rings. The van der Waals surface area contributed by atoms with Gasteiger partial charge in [0.1, 0.15) is 0 Å². The molecule has 2 N–H and O–H groups in total. The number of hydrogen-bond acceptors (Lipinski definition) is 7. The van der Waals surface area contributed by atoms with Crippen LogP contribution < -0.4 is 5.73 Å². The third-order valence-electron chi connectivity index (χ3n) is 4.37. The molecule has 0 radical (unpaired) electrons. The highest BCUT2D eigenvalue weighted by Gasteiger charge is 2.18. The molecule has 1 amide bonds. The van der Waals surface area contributed by atoms with Crippen molar-refractivity contribution in [3.05, 3.63) is 63.9 Å². The molecule has 2 heterocycles. The van der Waals surface area contributed by atoms with Gasteiger partial charge in [-0.05, 0) is 46.9 Å². The van der Waals surface area contributed by atoms with Gasteiger partial charge in [0.2, 0.25) is 5.89 Å². The predicted molar refractivity (Wildman–Crippen MR) is 123 cm³/mol. The Morgan fingerprint density at radius 3 is 2.47 bits per heavy atom. The maximum absolute atomic E-state index is 12.1. The van der Waals surface area contributed by atoms with Crippen LogP contribution >= 0.6 is 22.6 Å². The van der Waals surface area contributed by atoms with Gasteiger partial charge in [-0.2, -0.15) is 0 Å². The zero-order chi connectivity index (χ0) is 21.3. The van der Waals surface area contributed by atoms with Crippen LogP contribution in [0.3, 0.4) is 0 Å². The van der Waals surface area contributed by atoms with Crippen molar-refractivity contribution < 1.29 is 10.6 Å². The first kappa shape index (κ1) is 20.0. The smallest absolute Gasteiger partial charge is 0.270 e. The highest BCUT2D eigenvalue weighted by molar-refractivity contribution is 14.1. The second-order valence-corrected chi connectivity index (χ2v) is 7.82. The average Bonchev–Trinajstić information content (AvgIpc) is 3.23. The Bertz CT molecular complexity index is 1230. The lowest BCUT2D eigenvalue weighted by molar-refractivity contribution is 0.0827.